The number of nitrogens with one attached hydrogen (secondary N) is 1. The van der Waals surface area contributed by atoms with E-state index in [2.05, 4.69) is 14.9 Å². The lowest BCUT2D eigenvalue weighted by Crippen LogP contribution is -2.56. The van der Waals surface area contributed by atoms with Gasteiger partial charge in [0, 0.05) is 42.4 Å². The van der Waals surface area contributed by atoms with Crippen LogP contribution in [-0.4, -0.2) is 41.4 Å². The van der Waals surface area contributed by atoms with E-state index in [9.17, 15) is 18.4 Å². The molecule has 0 aliphatic carbocycles. The number of piperidine rings is 2. The number of H-pyrrole nitrogens is 1. The Labute approximate surface area is 205 Å². The monoisotopic (exact) mass is 489 g/mol. The molecule has 2 aliphatic rings. The van der Waals surface area contributed by atoms with Gasteiger partial charge in [-0.05, 0) is 68.1 Å². The molecular formula is C27H25F2N5O2. The maximum absolute atomic E-state index is 14.2. The second kappa shape index (κ2) is 8.29. The molecule has 4 aromatic rings. The maximum atomic E-state index is 14.2. The van der Waals surface area contributed by atoms with Crippen molar-refractivity contribution in [2.45, 2.75) is 25.7 Å². The molecule has 6 rings (SSSR count). The van der Waals surface area contributed by atoms with Crippen LogP contribution in [0.4, 0.5) is 20.3 Å². The first-order valence-electron chi connectivity index (χ1n) is 12.1. The van der Waals surface area contributed by atoms with Gasteiger partial charge in [-0.1, -0.05) is 0 Å². The standard InChI is InChI=1S/C27H25F2N5O2/c28-16-3-6-18(7-4-16)34-12-2-10-27(26(34)36)9-1-11-33(15-27)25-22-19-13-17(29)5-8-21(19)32-23(22)20(14-31-25)24(30)35/h3-8,13-14,32H,1-2,9-12,15H2,(H2,30,35)/t27-/m1/s1. The number of pyridine rings is 1. The summed E-state index contributed by atoms with van der Waals surface area (Å²) in [6.07, 6.45) is 4.54. The number of halogens is 2. The third kappa shape index (κ3) is 3.49. The highest BCUT2D eigenvalue weighted by atomic mass is 19.1. The normalized spacial score (nSPS) is 20.6. The molecule has 2 aliphatic heterocycles. The Bertz CT molecular complexity index is 1510. The molecule has 3 N–H and O–H groups in total. The first-order valence-corrected chi connectivity index (χ1v) is 12.1. The van der Waals surface area contributed by atoms with Crippen molar-refractivity contribution in [3.05, 3.63) is 65.9 Å². The van der Waals surface area contributed by atoms with Crippen molar-refractivity contribution in [1.82, 2.24) is 9.97 Å². The number of primary amides is 1. The van der Waals surface area contributed by atoms with Crippen LogP contribution in [0.25, 0.3) is 21.8 Å². The van der Waals surface area contributed by atoms with Crippen LogP contribution in [0, 0.1) is 17.0 Å². The topological polar surface area (TPSA) is 95.3 Å². The van der Waals surface area contributed by atoms with Gasteiger partial charge >= 0.3 is 0 Å². The largest absolute Gasteiger partial charge is 0.365 e. The van der Waals surface area contributed by atoms with Gasteiger partial charge in [-0.25, -0.2) is 13.8 Å². The summed E-state index contributed by atoms with van der Waals surface area (Å²) in [6.45, 7) is 1.71. The van der Waals surface area contributed by atoms with Crippen LogP contribution in [0.15, 0.2) is 48.7 Å². The lowest BCUT2D eigenvalue weighted by atomic mass is 9.72. The Morgan fingerprint density at radius 1 is 1.03 bits per heavy atom. The summed E-state index contributed by atoms with van der Waals surface area (Å²) in [5.41, 5.74) is 7.10. The fourth-order valence-electron chi connectivity index (χ4n) is 5.91. The Morgan fingerprint density at radius 3 is 2.50 bits per heavy atom. The van der Waals surface area contributed by atoms with E-state index in [-0.39, 0.29) is 17.3 Å². The van der Waals surface area contributed by atoms with Crippen LogP contribution >= 0.6 is 0 Å². The van der Waals surface area contributed by atoms with Crippen LogP contribution in [0.1, 0.15) is 36.0 Å². The number of fused-ring (bicyclic) bond motifs is 3. The zero-order chi connectivity index (χ0) is 25.0. The molecule has 0 bridgehead atoms. The zero-order valence-electron chi connectivity index (χ0n) is 19.6. The average Bonchev–Trinajstić information content (AvgIpc) is 3.24. The highest BCUT2D eigenvalue weighted by molar-refractivity contribution is 6.18. The van der Waals surface area contributed by atoms with Gasteiger partial charge in [0.1, 0.15) is 17.5 Å². The number of amides is 2. The number of carbonyl (C=O) groups is 2. The molecule has 2 saturated heterocycles. The highest BCUT2D eigenvalue weighted by Crippen LogP contribution is 2.44. The van der Waals surface area contributed by atoms with Gasteiger partial charge in [0.25, 0.3) is 5.91 Å². The molecule has 1 spiro atoms. The van der Waals surface area contributed by atoms with Crippen LogP contribution in [-0.2, 0) is 4.79 Å². The quantitative estimate of drug-likeness (QED) is 0.443. The number of benzene rings is 2. The Hall–Kier alpha value is -4.01. The minimum absolute atomic E-state index is 0.0278. The molecule has 36 heavy (non-hydrogen) atoms. The molecule has 1 atom stereocenters. The van der Waals surface area contributed by atoms with E-state index in [0.717, 1.165) is 25.7 Å². The van der Waals surface area contributed by atoms with Crippen LogP contribution in [0.2, 0.25) is 0 Å². The zero-order valence-corrected chi connectivity index (χ0v) is 19.6. The number of carbonyl (C=O) groups excluding carboxylic acids is 2. The molecule has 9 heteroatoms. The van der Waals surface area contributed by atoms with E-state index < -0.39 is 17.1 Å². The van der Waals surface area contributed by atoms with E-state index >= 15 is 0 Å². The summed E-state index contributed by atoms with van der Waals surface area (Å²) >= 11 is 0. The van der Waals surface area contributed by atoms with Gasteiger partial charge < -0.3 is 20.5 Å². The van der Waals surface area contributed by atoms with Crippen molar-refractivity contribution < 1.29 is 18.4 Å². The van der Waals surface area contributed by atoms with E-state index in [1.165, 1.54) is 30.5 Å². The smallest absolute Gasteiger partial charge is 0.252 e. The number of hydrogen-bond acceptors (Lipinski definition) is 4. The third-order valence-electron chi connectivity index (χ3n) is 7.59. The average molecular weight is 490 g/mol. The fourth-order valence-corrected chi connectivity index (χ4v) is 5.91. The summed E-state index contributed by atoms with van der Waals surface area (Å²) in [5, 5.41) is 1.23. The molecule has 0 unspecified atom stereocenters. The Morgan fingerprint density at radius 2 is 1.75 bits per heavy atom. The second-order valence-corrected chi connectivity index (χ2v) is 9.77. The van der Waals surface area contributed by atoms with Crippen molar-refractivity contribution in [2.24, 2.45) is 11.1 Å². The predicted octanol–water partition coefficient (Wildman–Crippen LogP) is 4.51. The van der Waals surface area contributed by atoms with Crippen molar-refractivity contribution >= 4 is 45.1 Å². The summed E-state index contributed by atoms with van der Waals surface area (Å²) in [6, 6.07) is 10.4. The van der Waals surface area contributed by atoms with Gasteiger partial charge in [0.15, 0.2) is 0 Å². The summed E-state index contributed by atoms with van der Waals surface area (Å²) < 4.78 is 27.7. The van der Waals surface area contributed by atoms with Crippen molar-refractivity contribution in [1.29, 1.82) is 0 Å². The summed E-state index contributed by atoms with van der Waals surface area (Å²) in [5.74, 6) is -0.742. The molecule has 2 aromatic carbocycles. The van der Waals surface area contributed by atoms with Gasteiger partial charge in [0.05, 0.1) is 21.9 Å². The van der Waals surface area contributed by atoms with Gasteiger partial charge in [-0.2, -0.15) is 0 Å². The fraction of sp³-hybridized carbons (Fsp3) is 0.296. The number of nitrogens with two attached hydrogens (primary N) is 1. The van der Waals surface area contributed by atoms with Gasteiger partial charge in [-0.3, -0.25) is 9.59 Å². The first-order chi connectivity index (χ1) is 17.4. The first kappa shape index (κ1) is 22.5. The number of rotatable bonds is 3. The van der Waals surface area contributed by atoms with E-state index in [1.54, 1.807) is 23.1 Å². The molecule has 0 saturated carbocycles. The molecule has 7 nitrogen and oxygen atoms in total. The Kier molecular flexibility index (Phi) is 5.17. The SMILES string of the molecule is NC(=O)c1cnc(N2CCC[C@@]3(CCCN(c4ccc(F)cc4)C3=O)C2)c2c1[nH]c1ccc(F)cc12. The molecule has 2 amide bonds. The number of nitrogens with zero attached hydrogens (tertiary/aromatic N) is 3. The number of hydrogen-bond donors (Lipinski definition) is 2. The minimum Gasteiger partial charge on any atom is -0.365 e. The van der Waals surface area contributed by atoms with Crippen molar-refractivity contribution in [2.75, 3.05) is 29.4 Å². The summed E-state index contributed by atoms with van der Waals surface area (Å²) in [4.78, 5) is 37.6. The van der Waals surface area contributed by atoms with Crippen molar-refractivity contribution in [3.63, 3.8) is 0 Å². The number of anilines is 2. The van der Waals surface area contributed by atoms with Crippen LogP contribution in [0.5, 0.6) is 0 Å². The van der Waals surface area contributed by atoms with Crippen molar-refractivity contribution in [3.8, 4) is 0 Å². The molecule has 2 fully saturated rings. The highest BCUT2D eigenvalue weighted by Gasteiger charge is 2.47. The Balaban J connectivity index is 1.43. The lowest BCUT2D eigenvalue weighted by Gasteiger charge is -2.47. The molecular weight excluding hydrogens is 464 g/mol. The molecule has 184 valence electrons. The maximum Gasteiger partial charge on any atom is 0.252 e. The van der Waals surface area contributed by atoms with E-state index in [4.69, 9.17) is 5.73 Å². The second-order valence-electron chi connectivity index (χ2n) is 9.77. The van der Waals surface area contributed by atoms with Gasteiger partial charge in [-0.15, -0.1) is 0 Å². The molecule has 0 radical (unpaired) electrons. The molecule has 2 aromatic heterocycles. The number of aromatic amines is 1. The lowest BCUT2D eigenvalue weighted by molar-refractivity contribution is -0.131. The molecule has 4 heterocycles. The van der Waals surface area contributed by atoms with Crippen LogP contribution < -0.4 is 15.5 Å². The predicted molar refractivity (Wildman–Crippen MR) is 134 cm³/mol. The summed E-state index contributed by atoms with van der Waals surface area (Å²) in [7, 11) is 0. The minimum atomic E-state index is -0.626. The van der Waals surface area contributed by atoms with Gasteiger partial charge in [0.2, 0.25) is 5.91 Å². The third-order valence-corrected chi connectivity index (χ3v) is 7.59. The van der Waals surface area contributed by atoms with E-state index in [0.29, 0.717) is 52.9 Å². The van der Waals surface area contributed by atoms with E-state index in [1.807, 2.05) is 0 Å². The van der Waals surface area contributed by atoms with Crippen LogP contribution in [0.3, 0.4) is 0 Å². The number of aromatic nitrogens is 2.